The molecule has 15 heavy (non-hydrogen) atoms. The zero-order valence-electron chi connectivity index (χ0n) is 8.57. The molecular weight excluding hydrogens is 230 g/mol. The van der Waals surface area contributed by atoms with Crippen LogP contribution in [0.4, 0.5) is 0 Å². The second-order valence-electron chi connectivity index (χ2n) is 3.49. The lowest BCUT2D eigenvalue weighted by Crippen LogP contribution is -2.16. The van der Waals surface area contributed by atoms with Crippen LogP contribution in [-0.2, 0) is 7.05 Å². The van der Waals surface area contributed by atoms with Crippen LogP contribution in [0.5, 0.6) is 0 Å². The van der Waals surface area contributed by atoms with Crippen LogP contribution in [0, 0.1) is 6.92 Å². The fourth-order valence-electron chi connectivity index (χ4n) is 1.61. The van der Waals surface area contributed by atoms with Crippen molar-refractivity contribution in [3.8, 4) is 0 Å². The Kier molecular flexibility index (Phi) is 2.82. The van der Waals surface area contributed by atoms with Gasteiger partial charge in [-0.15, -0.1) is 0 Å². The van der Waals surface area contributed by atoms with Gasteiger partial charge in [0.2, 0.25) is 0 Å². The minimum atomic E-state index is -0.198. The van der Waals surface area contributed by atoms with E-state index in [2.05, 4.69) is 22.8 Å². The van der Waals surface area contributed by atoms with Crippen molar-refractivity contribution in [2.75, 3.05) is 0 Å². The Labute approximate surface area is 97.5 Å². The number of aromatic nitrogens is 2. The predicted molar refractivity (Wildman–Crippen MR) is 63.3 cm³/mol. The Bertz CT molecular complexity index is 455. The predicted octanol–water partition coefficient (Wildman–Crippen LogP) is 2.49. The van der Waals surface area contributed by atoms with Crippen molar-refractivity contribution >= 4 is 22.9 Å². The summed E-state index contributed by atoms with van der Waals surface area (Å²) in [6, 6.07) is -0.198. The highest BCUT2D eigenvalue weighted by atomic mass is 35.5. The lowest BCUT2D eigenvalue weighted by molar-refractivity contribution is 0.673. The average molecular weight is 242 g/mol. The Balaban J connectivity index is 2.45. The summed E-state index contributed by atoms with van der Waals surface area (Å²) in [7, 11) is 1.85. The van der Waals surface area contributed by atoms with Gasteiger partial charge in [0.15, 0.2) is 0 Å². The number of halogens is 1. The first-order valence-corrected chi connectivity index (χ1v) is 5.89. The fourth-order valence-corrected chi connectivity index (χ4v) is 2.78. The van der Waals surface area contributed by atoms with E-state index in [1.807, 2.05) is 7.05 Å². The molecule has 0 amide bonds. The molecule has 1 atom stereocenters. The van der Waals surface area contributed by atoms with Crippen molar-refractivity contribution in [1.29, 1.82) is 0 Å². The molecule has 1 unspecified atom stereocenters. The van der Waals surface area contributed by atoms with Crippen LogP contribution in [0.3, 0.4) is 0 Å². The minimum Gasteiger partial charge on any atom is -0.319 e. The van der Waals surface area contributed by atoms with Crippen LogP contribution in [0.1, 0.15) is 22.9 Å². The molecule has 0 saturated carbocycles. The summed E-state index contributed by atoms with van der Waals surface area (Å²) in [6.45, 7) is 2.05. The average Bonchev–Trinajstić information content (AvgIpc) is 2.73. The number of rotatable bonds is 2. The van der Waals surface area contributed by atoms with E-state index >= 15 is 0 Å². The fraction of sp³-hybridized carbons (Fsp3) is 0.300. The molecule has 2 N–H and O–H groups in total. The molecule has 2 heterocycles. The molecule has 0 aliphatic heterocycles. The van der Waals surface area contributed by atoms with Gasteiger partial charge in [0, 0.05) is 7.05 Å². The van der Waals surface area contributed by atoms with E-state index in [-0.39, 0.29) is 6.04 Å². The molecule has 0 spiro atoms. The van der Waals surface area contributed by atoms with Crippen molar-refractivity contribution in [2.24, 2.45) is 12.8 Å². The smallest absolute Gasteiger partial charge is 0.0837 e. The summed E-state index contributed by atoms with van der Waals surface area (Å²) < 4.78 is 1.73. The maximum Gasteiger partial charge on any atom is 0.0837 e. The first-order chi connectivity index (χ1) is 7.11. The van der Waals surface area contributed by atoms with E-state index in [0.717, 1.165) is 11.3 Å². The van der Waals surface area contributed by atoms with Crippen molar-refractivity contribution in [3.05, 3.63) is 38.8 Å². The molecule has 0 fully saturated rings. The molecule has 0 aliphatic carbocycles. The molecule has 0 radical (unpaired) electrons. The first-order valence-electron chi connectivity index (χ1n) is 4.57. The first kappa shape index (κ1) is 10.7. The molecular formula is C10H12ClN3S. The maximum absolute atomic E-state index is 6.17. The van der Waals surface area contributed by atoms with Gasteiger partial charge in [-0.2, -0.15) is 16.4 Å². The topological polar surface area (TPSA) is 43.8 Å². The number of hydrogen-bond acceptors (Lipinski definition) is 3. The van der Waals surface area contributed by atoms with Crippen molar-refractivity contribution < 1.29 is 0 Å². The highest BCUT2D eigenvalue weighted by Crippen LogP contribution is 2.29. The normalized spacial score (nSPS) is 13.1. The number of nitrogens with two attached hydrogens (primary N) is 1. The summed E-state index contributed by atoms with van der Waals surface area (Å²) in [5, 5.41) is 8.85. The quantitative estimate of drug-likeness (QED) is 0.878. The molecule has 2 aromatic rings. The van der Waals surface area contributed by atoms with Gasteiger partial charge in [-0.3, -0.25) is 4.68 Å². The summed E-state index contributed by atoms with van der Waals surface area (Å²) >= 11 is 7.70. The largest absolute Gasteiger partial charge is 0.319 e. The number of thiophene rings is 1. The molecule has 0 aliphatic rings. The Hall–Kier alpha value is -0.840. The molecule has 0 bridgehead atoms. The molecule has 2 aromatic heterocycles. The number of hydrogen-bond donors (Lipinski definition) is 1. The standard InChI is InChI=1S/C10H12ClN3S/c1-6-4-15-5-7(6)9(12)10-8(11)3-13-14(10)2/h3-5,9H,12H2,1-2H3. The van der Waals surface area contributed by atoms with E-state index in [1.54, 1.807) is 22.2 Å². The van der Waals surface area contributed by atoms with E-state index in [4.69, 9.17) is 17.3 Å². The third-order valence-corrected chi connectivity index (χ3v) is 3.63. The molecule has 80 valence electrons. The summed E-state index contributed by atoms with van der Waals surface area (Å²) in [4.78, 5) is 0. The van der Waals surface area contributed by atoms with Crippen molar-refractivity contribution in [3.63, 3.8) is 0 Å². The van der Waals surface area contributed by atoms with Crippen LogP contribution < -0.4 is 5.73 Å². The van der Waals surface area contributed by atoms with Gasteiger partial charge in [0.1, 0.15) is 0 Å². The number of nitrogens with zero attached hydrogens (tertiary/aromatic N) is 2. The zero-order valence-corrected chi connectivity index (χ0v) is 10.1. The van der Waals surface area contributed by atoms with Gasteiger partial charge < -0.3 is 5.73 Å². The van der Waals surface area contributed by atoms with Crippen LogP contribution in [0.2, 0.25) is 5.02 Å². The van der Waals surface area contributed by atoms with E-state index in [1.165, 1.54) is 5.56 Å². The zero-order chi connectivity index (χ0) is 11.0. The van der Waals surface area contributed by atoms with Crippen LogP contribution >= 0.6 is 22.9 Å². The lowest BCUT2D eigenvalue weighted by Gasteiger charge is -2.12. The Morgan fingerprint density at radius 2 is 2.27 bits per heavy atom. The van der Waals surface area contributed by atoms with E-state index in [0.29, 0.717) is 5.02 Å². The van der Waals surface area contributed by atoms with Crippen LogP contribution in [-0.4, -0.2) is 9.78 Å². The van der Waals surface area contributed by atoms with Gasteiger partial charge >= 0.3 is 0 Å². The van der Waals surface area contributed by atoms with Gasteiger partial charge in [-0.05, 0) is 28.8 Å². The Morgan fingerprint density at radius 1 is 1.53 bits per heavy atom. The third-order valence-electron chi connectivity index (χ3n) is 2.46. The second-order valence-corrected chi connectivity index (χ2v) is 4.64. The van der Waals surface area contributed by atoms with Gasteiger partial charge in [0.25, 0.3) is 0 Å². The summed E-state index contributed by atoms with van der Waals surface area (Å²) in [5.41, 5.74) is 9.34. The monoisotopic (exact) mass is 241 g/mol. The summed E-state index contributed by atoms with van der Waals surface area (Å²) in [5.74, 6) is 0. The highest BCUT2D eigenvalue weighted by Gasteiger charge is 2.18. The molecule has 3 nitrogen and oxygen atoms in total. The molecule has 0 aromatic carbocycles. The molecule has 5 heteroatoms. The van der Waals surface area contributed by atoms with Crippen molar-refractivity contribution in [1.82, 2.24) is 9.78 Å². The third kappa shape index (κ3) is 1.80. The molecule has 2 rings (SSSR count). The van der Waals surface area contributed by atoms with Gasteiger partial charge in [-0.25, -0.2) is 0 Å². The minimum absolute atomic E-state index is 0.198. The van der Waals surface area contributed by atoms with Crippen LogP contribution in [0.25, 0.3) is 0 Å². The van der Waals surface area contributed by atoms with E-state index in [9.17, 15) is 0 Å². The maximum atomic E-state index is 6.17. The highest BCUT2D eigenvalue weighted by molar-refractivity contribution is 7.08. The summed E-state index contributed by atoms with van der Waals surface area (Å²) in [6.07, 6.45) is 1.62. The van der Waals surface area contributed by atoms with Gasteiger partial charge in [-0.1, -0.05) is 11.6 Å². The molecule has 0 saturated heterocycles. The van der Waals surface area contributed by atoms with Crippen molar-refractivity contribution in [2.45, 2.75) is 13.0 Å². The second kappa shape index (κ2) is 3.96. The Morgan fingerprint density at radius 3 is 2.73 bits per heavy atom. The lowest BCUT2D eigenvalue weighted by atomic mass is 10.0. The van der Waals surface area contributed by atoms with E-state index < -0.39 is 0 Å². The number of aryl methyl sites for hydroxylation is 2. The van der Waals surface area contributed by atoms with Crippen LogP contribution in [0.15, 0.2) is 17.0 Å². The SMILES string of the molecule is Cc1cscc1C(N)c1c(Cl)cnn1C. The van der Waals surface area contributed by atoms with Gasteiger partial charge in [0.05, 0.1) is 23.0 Å².